The largest absolute Gasteiger partial charge is 0.314 e. The molecule has 1 N–H and O–H groups in total. The van der Waals surface area contributed by atoms with Crippen molar-refractivity contribution in [1.82, 2.24) is 18.8 Å². The van der Waals surface area contributed by atoms with Crippen LogP contribution in [0, 0.1) is 0 Å². The summed E-state index contributed by atoms with van der Waals surface area (Å²) in [6.45, 7) is 7.45. The van der Waals surface area contributed by atoms with Gasteiger partial charge in [0, 0.05) is 39.3 Å². The summed E-state index contributed by atoms with van der Waals surface area (Å²) in [5.41, 5.74) is 0. The van der Waals surface area contributed by atoms with Gasteiger partial charge in [0.1, 0.15) is 0 Å². The smallest absolute Gasteiger partial charge is 0.281 e. The van der Waals surface area contributed by atoms with E-state index in [4.69, 9.17) is 0 Å². The number of nitrogens with zero attached hydrogens (tertiary/aromatic N) is 3. The zero-order valence-electron chi connectivity index (χ0n) is 14.2. The van der Waals surface area contributed by atoms with Gasteiger partial charge in [-0.05, 0) is 39.4 Å². The Balaban J connectivity index is 2.49. The van der Waals surface area contributed by atoms with Crippen LogP contribution in [0.3, 0.4) is 0 Å². The molecule has 0 spiro atoms. The Morgan fingerprint density at radius 1 is 1.33 bits per heavy atom. The molecule has 0 aromatic heterocycles. The molecule has 1 heterocycles. The lowest BCUT2D eigenvalue weighted by Crippen LogP contribution is -2.51. The van der Waals surface area contributed by atoms with E-state index in [1.165, 1.54) is 4.31 Å². The van der Waals surface area contributed by atoms with Crippen LogP contribution in [0.15, 0.2) is 0 Å². The molecular formula is C14H32N4O2S. The first-order chi connectivity index (χ1) is 9.75. The molecule has 0 aliphatic carbocycles. The SMILES string of the molecule is CC(C)NCCCN(C)S(=O)(=O)N(C)C1CCCN(C)C1. The van der Waals surface area contributed by atoms with Gasteiger partial charge in [0.2, 0.25) is 0 Å². The van der Waals surface area contributed by atoms with Gasteiger partial charge in [-0.15, -0.1) is 0 Å². The van der Waals surface area contributed by atoms with E-state index in [2.05, 4.69) is 24.1 Å². The zero-order chi connectivity index (χ0) is 16.0. The fourth-order valence-electron chi connectivity index (χ4n) is 2.65. The van der Waals surface area contributed by atoms with E-state index in [0.29, 0.717) is 12.6 Å². The molecule has 0 aromatic carbocycles. The van der Waals surface area contributed by atoms with E-state index in [9.17, 15) is 8.42 Å². The Bertz CT molecular complexity index is 400. The first-order valence-corrected chi connectivity index (χ1v) is 9.26. The molecule has 1 rings (SSSR count). The van der Waals surface area contributed by atoms with E-state index < -0.39 is 10.2 Å². The van der Waals surface area contributed by atoms with Crippen molar-refractivity contribution in [2.24, 2.45) is 0 Å². The van der Waals surface area contributed by atoms with Crippen LogP contribution in [0.25, 0.3) is 0 Å². The third-order valence-electron chi connectivity index (χ3n) is 4.07. The van der Waals surface area contributed by atoms with Crippen LogP contribution in [-0.4, -0.2) is 81.3 Å². The van der Waals surface area contributed by atoms with Gasteiger partial charge in [-0.1, -0.05) is 13.8 Å². The molecular weight excluding hydrogens is 288 g/mol. The molecule has 21 heavy (non-hydrogen) atoms. The van der Waals surface area contributed by atoms with Crippen molar-refractivity contribution >= 4 is 10.2 Å². The van der Waals surface area contributed by atoms with Crippen molar-refractivity contribution in [2.75, 3.05) is 47.3 Å². The van der Waals surface area contributed by atoms with Crippen LogP contribution in [0.2, 0.25) is 0 Å². The van der Waals surface area contributed by atoms with Gasteiger partial charge in [0.25, 0.3) is 10.2 Å². The highest BCUT2D eigenvalue weighted by molar-refractivity contribution is 7.86. The molecule has 1 fully saturated rings. The Labute approximate surface area is 130 Å². The minimum absolute atomic E-state index is 0.0880. The molecule has 1 aliphatic heterocycles. The summed E-state index contributed by atoms with van der Waals surface area (Å²) in [7, 11) is 2.08. The van der Waals surface area contributed by atoms with Crippen LogP contribution in [0.1, 0.15) is 33.1 Å². The van der Waals surface area contributed by atoms with E-state index in [-0.39, 0.29) is 6.04 Å². The number of nitrogens with one attached hydrogen (secondary N) is 1. The number of rotatable bonds is 8. The first-order valence-electron chi connectivity index (χ1n) is 7.86. The molecule has 1 atom stereocenters. The highest BCUT2D eigenvalue weighted by atomic mass is 32.2. The molecule has 0 amide bonds. The topological polar surface area (TPSA) is 55.9 Å². The fourth-order valence-corrected chi connectivity index (χ4v) is 4.00. The van der Waals surface area contributed by atoms with Gasteiger partial charge < -0.3 is 10.2 Å². The van der Waals surface area contributed by atoms with E-state index in [1.807, 2.05) is 7.05 Å². The summed E-state index contributed by atoms with van der Waals surface area (Å²) in [5.74, 6) is 0. The molecule has 0 aromatic rings. The van der Waals surface area contributed by atoms with Gasteiger partial charge in [0.15, 0.2) is 0 Å². The van der Waals surface area contributed by atoms with Crippen molar-refractivity contribution in [3.63, 3.8) is 0 Å². The predicted octanol–water partition coefficient (Wildman–Crippen LogP) is 0.577. The third-order valence-corrected chi connectivity index (χ3v) is 6.07. The van der Waals surface area contributed by atoms with Crippen LogP contribution < -0.4 is 5.32 Å². The lowest BCUT2D eigenvalue weighted by Gasteiger charge is -2.36. The van der Waals surface area contributed by atoms with E-state index in [1.54, 1.807) is 18.4 Å². The van der Waals surface area contributed by atoms with Crippen molar-refractivity contribution < 1.29 is 8.42 Å². The summed E-state index contributed by atoms with van der Waals surface area (Å²) < 4.78 is 28.2. The number of likely N-dealkylation sites (tertiary alicyclic amines) is 1. The van der Waals surface area contributed by atoms with Gasteiger partial charge in [-0.2, -0.15) is 17.0 Å². The van der Waals surface area contributed by atoms with Crippen LogP contribution in [-0.2, 0) is 10.2 Å². The van der Waals surface area contributed by atoms with Crippen LogP contribution in [0.5, 0.6) is 0 Å². The molecule has 0 bridgehead atoms. The lowest BCUT2D eigenvalue weighted by molar-refractivity contribution is 0.182. The van der Waals surface area contributed by atoms with Gasteiger partial charge in [-0.3, -0.25) is 0 Å². The van der Waals surface area contributed by atoms with Crippen LogP contribution in [0.4, 0.5) is 0 Å². The van der Waals surface area contributed by atoms with E-state index >= 15 is 0 Å². The number of hydrogen-bond acceptors (Lipinski definition) is 4. The molecule has 7 heteroatoms. The first kappa shape index (κ1) is 18.8. The second-order valence-corrected chi connectivity index (χ2v) is 8.46. The maximum Gasteiger partial charge on any atom is 0.281 e. The average Bonchev–Trinajstić information content (AvgIpc) is 2.42. The van der Waals surface area contributed by atoms with Crippen molar-refractivity contribution in [3.05, 3.63) is 0 Å². The lowest BCUT2D eigenvalue weighted by atomic mass is 10.1. The summed E-state index contributed by atoms with van der Waals surface area (Å²) in [4.78, 5) is 2.20. The monoisotopic (exact) mass is 320 g/mol. The molecule has 1 saturated heterocycles. The van der Waals surface area contributed by atoms with Gasteiger partial charge >= 0.3 is 0 Å². The van der Waals surface area contributed by atoms with E-state index in [0.717, 1.165) is 38.9 Å². The molecule has 126 valence electrons. The molecule has 1 unspecified atom stereocenters. The highest BCUT2D eigenvalue weighted by Crippen LogP contribution is 2.18. The standard InChI is InChI=1S/C14H32N4O2S/c1-13(2)15-9-7-11-17(4)21(19,20)18(5)14-8-6-10-16(3)12-14/h13-15H,6-12H2,1-5H3. The predicted molar refractivity (Wildman–Crippen MR) is 87.6 cm³/mol. The second-order valence-electron chi connectivity index (χ2n) is 6.37. The Morgan fingerprint density at radius 3 is 2.57 bits per heavy atom. The van der Waals surface area contributed by atoms with Gasteiger partial charge in [0.05, 0.1) is 0 Å². The fraction of sp³-hybridized carbons (Fsp3) is 1.00. The number of likely N-dealkylation sites (N-methyl/N-ethyl adjacent to an activating group) is 2. The molecule has 1 aliphatic rings. The average molecular weight is 321 g/mol. The third kappa shape index (κ3) is 5.83. The Morgan fingerprint density at radius 2 is 2.00 bits per heavy atom. The number of hydrogen-bond donors (Lipinski definition) is 1. The van der Waals surface area contributed by atoms with Crippen molar-refractivity contribution in [3.8, 4) is 0 Å². The summed E-state index contributed by atoms with van der Waals surface area (Å²) in [6.07, 6.45) is 2.83. The van der Waals surface area contributed by atoms with Crippen molar-refractivity contribution in [1.29, 1.82) is 0 Å². The molecule has 0 saturated carbocycles. The van der Waals surface area contributed by atoms with Crippen LogP contribution >= 0.6 is 0 Å². The zero-order valence-corrected chi connectivity index (χ0v) is 15.0. The minimum Gasteiger partial charge on any atom is -0.314 e. The Kier molecular flexibility index (Phi) is 7.56. The maximum atomic E-state index is 12.6. The van der Waals surface area contributed by atoms with Gasteiger partial charge in [-0.25, -0.2) is 0 Å². The Hall–Kier alpha value is -0.210. The second kappa shape index (κ2) is 8.43. The highest BCUT2D eigenvalue weighted by Gasteiger charge is 2.31. The van der Waals surface area contributed by atoms with Crippen molar-refractivity contribution in [2.45, 2.75) is 45.2 Å². The number of piperidine rings is 1. The maximum absolute atomic E-state index is 12.6. The summed E-state index contributed by atoms with van der Waals surface area (Å²) in [5, 5.41) is 3.31. The molecule has 0 radical (unpaired) electrons. The molecule has 6 nitrogen and oxygen atoms in total. The summed E-state index contributed by atoms with van der Waals surface area (Å²) in [6, 6.07) is 0.525. The normalized spacial score (nSPS) is 21.6. The minimum atomic E-state index is -3.35. The summed E-state index contributed by atoms with van der Waals surface area (Å²) >= 11 is 0. The quantitative estimate of drug-likeness (QED) is 0.665.